The standard InChI is InChI=1S/C21H38N8O4/c1-22-18(30)11-7-8-29(10-11)21-24-9-13(19(31)23-2)17(26-21)25-20(32)16-12-5-4-6-14(33-3)15(12)27-28-16/h11-17,21,24,26-28H,4-10H2,1-3H3,(H,22,30)(H,23,31)(H,25,32). The van der Waals surface area contributed by atoms with Gasteiger partial charge in [0.1, 0.15) is 12.3 Å². The summed E-state index contributed by atoms with van der Waals surface area (Å²) in [4.78, 5) is 40.0. The van der Waals surface area contributed by atoms with Crippen molar-refractivity contribution in [3.63, 3.8) is 0 Å². The average Bonchev–Trinajstić information content (AvgIpc) is 3.50. The van der Waals surface area contributed by atoms with Gasteiger partial charge >= 0.3 is 0 Å². The molecule has 0 aromatic rings. The fraction of sp³-hybridized carbons (Fsp3) is 0.857. The minimum atomic E-state index is -0.537. The number of hydrazine groups is 1. The Morgan fingerprint density at radius 2 is 1.79 bits per heavy atom. The van der Waals surface area contributed by atoms with Crippen LogP contribution in [-0.2, 0) is 19.1 Å². The van der Waals surface area contributed by atoms with Gasteiger partial charge in [0.25, 0.3) is 0 Å². The zero-order valence-electron chi connectivity index (χ0n) is 19.6. The first-order chi connectivity index (χ1) is 16.0. The lowest BCUT2D eigenvalue weighted by Gasteiger charge is -2.42. The van der Waals surface area contributed by atoms with Crippen LogP contribution in [0.25, 0.3) is 0 Å². The van der Waals surface area contributed by atoms with Gasteiger partial charge in [-0.15, -0.1) is 0 Å². The van der Waals surface area contributed by atoms with E-state index in [9.17, 15) is 14.4 Å². The van der Waals surface area contributed by atoms with E-state index in [1.165, 1.54) is 0 Å². The molecule has 1 aliphatic carbocycles. The van der Waals surface area contributed by atoms with Gasteiger partial charge < -0.3 is 20.7 Å². The van der Waals surface area contributed by atoms with E-state index in [1.807, 2.05) is 0 Å². The monoisotopic (exact) mass is 466 g/mol. The number of nitrogens with zero attached hydrogens (tertiary/aromatic N) is 1. The minimum Gasteiger partial charge on any atom is -0.380 e. The molecule has 7 N–H and O–H groups in total. The maximum absolute atomic E-state index is 13.3. The molecule has 3 heterocycles. The van der Waals surface area contributed by atoms with Crippen LogP contribution >= 0.6 is 0 Å². The van der Waals surface area contributed by atoms with Crippen LogP contribution in [0, 0.1) is 17.8 Å². The third-order valence-corrected chi connectivity index (χ3v) is 7.66. The Hall–Kier alpha value is -1.83. The zero-order chi connectivity index (χ0) is 23.5. The van der Waals surface area contributed by atoms with Gasteiger partial charge in [0.15, 0.2) is 0 Å². The molecule has 186 valence electrons. The molecule has 8 unspecified atom stereocenters. The zero-order valence-corrected chi connectivity index (χ0v) is 19.6. The third-order valence-electron chi connectivity index (χ3n) is 7.66. The Bertz CT molecular complexity index is 739. The molecule has 4 fully saturated rings. The minimum absolute atomic E-state index is 0.0395. The first-order valence-electron chi connectivity index (χ1n) is 12.0. The van der Waals surface area contributed by atoms with Gasteiger partial charge in [0.05, 0.1) is 30.1 Å². The summed E-state index contributed by atoms with van der Waals surface area (Å²) in [6.07, 6.45) is 3.02. The molecule has 0 aromatic carbocycles. The maximum Gasteiger partial charge on any atom is 0.240 e. The molecular weight excluding hydrogens is 428 g/mol. The molecule has 33 heavy (non-hydrogen) atoms. The molecule has 12 heteroatoms. The van der Waals surface area contributed by atoms with Crippen LogP contribution in [0.5, 0.6) is 0 Å². The number of hydrogen-bond acceptors (Lipinski definition) is 9. The predicted molar refractivity (Wildman–Crippen MR) is 120 cm³/mol. The summed E-state index contributed by atoms with van der Waals surface area (Å²) in [5, 5.41) is 15.3. The van der Waals surface area contributed by atoms with E-state index in [4.69, 9.17) is 4.74 Å². The first-order valence-corrected chi connectivity index (χ1v) is 12.0. The first kappa shape index (κ1) is 24.3. The molecular formula is C21H38N8O4. The number of amides is 3. The smallest absolute Gasteiger partial charge is 0.240 e. The van der Waals surface area contributed by atoms with E-state index in [0.29, 0.717) is 13.1 Å². The van der Waals surface area contributed by atoms with Crippen molar-refractivity contribution in [1.29, 1.82) is 0 Å². The molecule has 8 atom stereocenters. The number of carbonyl (C=O) groups excluding carboxylic acids is 3. The number of rotatable bonds is 6. The highest BCUT2D eigenvalue weighted by atomic mass is 16.5. The molecule has 3 saturated heterocycles. The van der Waals surface area contributed by atoms with Crippen molar-refractivity contribution >= 4 is 17.7 Å². The van der Waals surface area contributed by atoms with Crippen molar-refractivity contribution in [2.24, 2.45) is 17.8 Å². The molecule has 1 saturated carbocycles. The van der Waals surface area contributed by atoms with Gasteiger partial charge in [-0.05, 0) is 19.3 Å². The quantitative estimate of drug-likeness (QED) is 0.217. The number of hydrogen-bond donors (Lipinski definition) is 7. The number of nitrogens with one attached hydrogen (secondary N) is 7. The molecule has 4 rings (SSSR count). The van der Waals surface area contributed by atoms with Crippen molar-refractivity contribution < 1.29 is 19.1 Å². The van der Waals surface area contributed by atoms with Gasteiger partial charge in [-0.2, -0.15) is 0 Å². The van der Waals surface area contributed by atoms with Crippen LogP contribution in [-0.4, -0.2) is 94.1 Å². The van der Waals surface area contributed by atoms with E-state index in [0.717, 1.165) is 32.2 Å². The van der Waals surface area contributed by atoms with Gasteiger partial charge in [-0.1, -0.05) is 6.42 Å². The second-order valence-corrected chi connectivity index (χ2v) is 9.44. The van der Waals surface area contributed by atoms with Crippen molar-refractivity contribution in [3.8, 4) is 0 Å². The highest BCUT2D eigenvalue weighted by Crippen LogP contribution is 2.32. The normalized spacial score (nSPS) is 39.0. The van der Waals surface area contributed by atoms with Gasteiger partial charge in [0.2, 0.25) is 17.7 Å². The van der Waals surface area contributed by atoms with E-state index < -0.39 is 18.1 Å². The Labute approximate surface area is 194 Å². The van der Waals surface area contributed by atoms with Crippen molar-refractivity contribution in [3.05, 3.63) is 0 Å². The molecule has 0 bridgehead atoms. The Morgan fingerprint density at radius 1 is 1.00 bits per heavy atom. The summed E-state index contributed by atoms with van der Waals surface area (Å²) >= 11 is 0. The lowest BCUT2D eigenvalue weighted by atomic mass is 9.79. The fourth-order valence-electron chi connectivity index (χ4n) is 5.77. The van der Waals surface area contributed by atoms with E-state index in [1.54, 1.807) is 21.2 Å². The summed E-state index contributed by atoms with van der Waals surface area (Å²) in [5.41, 5.74) is 6.41. The van der Waals surface area contributed by atoms with Crippen molar-refractivity contribution in [2.75, 3.05) is 40.8 Å². The van der Waals surface area contributed by atoms with Gasteiger partial charge in [-0.25, -0.2) is 5.43 Å². The van der Waals surface area contributed by atoms with Crippen LogP contribution in [0.15, 0.2) is 0 Å². The summed E-state index contributed by atoms with van der Waals surface area (Å²) < 4.78 is 5.61. The Balaban J connectivity index is 1.41. The average molecular weight is 467 g/mol. The van der Waals surface area contributed by atoms with Crippen LogP contribution in [0.2, 0.25) is 0 Å². The van der Waals surface area contributed by atoms with E-state index >= 15 is 0 Å². The summed E-state index contributed by atoms with van der Waals surface area (Å²) in [7, 11) is 4.96. The highest BCUT2D eigenvalue weighted by Gasteiger charge is 2.47. The lowest BCUT2D eigenvalue weighted by molar-refractivity contribution is -0.130. The summed E-state index contributed by atoms with van der Waals surface area (Å²) in [6.45, 7) is 1.79. The second-order valence-electron chi connectivity index (χ2n) is 9.44. The SMILES string of the molecule is CNC(=O)C1CCN(C2NCC(C(=O)NC)C(NC(=O)C3NNC4C(OC)CCCC34)N2)C1. The van der Waals surface area contributed by atoms with Crippen LogP contribution in [0.1, 0.15) is 25.7 Å². The van der Waals surface area contributed by atoms with Gasteiger partial charge in [-0.3, -0.25) is 35.3 Å². The third kappa shape index (κ3) is 5.00. The Kier molecular flexibility index (Phi) is 7.82. The van der Waals surface area contributed by atoms with Crippen molar-refractivity contribution in [1.82, 2.24) is 42.3 Å². The number of ether oxygens (including phenoxy) is 1. The molecule has 3 aliphatic heterocycles. The summed E-state index contributed by atoms with van der Waals surface area (Å²) in [5.74, 6) is -0.631. The second kappa shape index (κ2) is 10.6. The predicted octanol–water partition coefficient (Wildman–Crippen LogP) is -3.00. The number of likely N-dealkylation sites (tertiary alicyclic amines) is 1. The number of carbonyl (C=O) groups is 3. The maximum atomic E-state index is 13.3. The van der Waals surface area contributed by atoms with Crippen LogP contribution in [0.4, 0.5) is 0 Å². The van der Waals surface area contributed by atoms with Gasteiger partial charge in [0, 0.05) is 46.8 Å². The molecule has 0 spiro atoms. The van der Waals surface area contributed by atoms with Crippen molar-refractivity contribution in [2.45, 2.75) is 56.3 Å². The fourth-order valence-corrected chi connectivity index (χ4v) is 5.77. The highest BCUT2D eigenvalue weighted by molar-refractivity contribution is 5.85. The number of fused-ring (bicyclic) bond motifs is 1. The molecule has 3 amide bonds. The van der Waals surface area contributed by atoms with Crippen LogP contribution in [0.3, 0.4) is 0 Å². The molecule has 0 radical (unpaired) electrons. The molecule has 4 aliphatic rings. The molecule has 12 nitrogen and oxygen atoms in total. The van der Waals surface area contributed by atoms with E-state index in [-0.39, 0.29) is 48.0 Å². The topological polar surface area (TPSA) is 148 Å². The van der Waals surface area contributed by atoms with Crippen LogP contribution < -0.4 is 37.4 Å². The van der Waals surface area contributed by atoms with E-state index in [2.05, 4.69) is 42.3 Å². The molecule has 0 aromatic heterocycles. The largest absolute Gasteiger partial charge is 0.380 e. The Morgan fingerprint density at radius 3 is 2.52 bits per heavy atom. The lowest BCUT2D eigenvalue weighted by Crippen LogP contribution is -2.71. The number of methoxy groups -OCH3 is 1. The summed E-state index contributed by atoms with van der Waals surface area (Å²) in [6, 6.07) is -0.299.